The molecule has 0 aliphatic carbocycles. The lowest BCUT2D eigenvalue weighted by Crippen LogP contribution is -2.09. The van der Waals surface area contributed by atoms with Crippen molar-refractivity contribution < 1.29 is 4.74 Å². The van der Waals surface area contributed by atoms with Crippen LogP contribution in [-0.2, 0) is 4.74 Å². The number of allylic oxidation sites excluding steroid dienone is 2. The van der Waals surface area contributed by atoms with Crippen molar-refractivity contribution in [2.75, 3.05) is 0 Å². The lowest BCUT2D eigenvalue weighted by atomic mass is 10.5. The summed E-state index contributed by atoms with van der Waals surface area (Å²) in [5.41, 5.74) is 0. The number of hydrogen-bond acceptors (Lipinski definition) is 1. The molecule has 0 unspecified atom stereocenters. The average molecular weight is 334 g/mol. The summed E-state index contributed by atoms with van der Waals surface area (Å²) in [5.74, 6) is 0. The fourth-order valence-corrected chi connectivity index (χ4v) is 1.09. The molecule has 0 aromatic heterocycles. The zero-order chi connectivity index (χ0) is 6.04. The maximum atomic E-state index is 5.17. The quantitative estimate of drug-likeness (QED) is 0.489. The Hall–Kier alpha value is 0.740. The summed E-state index contributed by atoms with van der Waals surface area (Å²) in [6.45, 7) is 0. The van der Waals surface area contributed by atoms with Crippen LogP contribution >= 0.6 is 45.2 Å². The molecule has 1 heterocycles. The van der Waals surface area contributed by atoms with E-state index in [1.54, 1.807) is 6.26 Å². The second-order valence-corrected chi connectivity index (χ2v) is 6.64. The minimum Gasteiger partial charge on any atom is -0.472 e. The minimum atomic E-state index is -0.149. The third-order valence-electron chi connectivity index (χ3n) is 0.705. The summed E-state index contributed by atoms with van der Waals surface area (Å²) in [7, 11) is 0. The van der Waals surface area contributed by atoms with Crippen LogP contribution in [-0.4, -0.2) is 1.61 Å². The lowest BCUT2D eigenvalue weighted by Gasteiger charge is -2.16. The van der Waals surface area contributed by atoms with Crippen molar-refractivity contribution in [2.24, 2.45) is 0 Å². The Kier molecular flexibility index (Phi) is 2.19. The smallest absolute Gasteiger partial charge is 0.226 e. The SMILES string of the molecule is IC1(I)C=CC=CO1. The predicted molar refractivity (Wildman–Crippen MR) is 50.1 cm³/mol. The van der Waals surface area contributed by atoms with Gasteiger partial charge in [-0.1, -0.05) is 6.08 Å². The van der Waals surface area contributed by atoms with Gasteiger partial charge in [-0.05, 0) is 57.3 Å². The molecule has 0 atom stereocenters. The zero-order valence-corrected chi connectivity index (χ0v) is 8.29. The summed E-state index contributed by atoms with van der Waals surface area (Å²) >= 11 is 4.43. The molecule has 3 heteroatoms. The van der Waals surface area contributed by atoms with Gasteiger partial charge in [0.25, 0.3) is 0 Å². The Morgan fingerprint density at radius 2 is 2.00 bits per heavy atom. The normalized spacial score (nSPS) is 22.8. The molecule has 1 aliphatic rings. The van der Waals surface area contributed by atoms with E-state index in [-0.39, 0.29) is 1.61 Å². The molecule has 1 rings (SSSR count). The number of halogens is 2. The predicted octanol–water partition coefficient (Wildman–Crippen LogP) is 2.61. The van der Waals surface area contributed by atoms with Gasteiger partial charge in [-0.25, -0.2) is 0 Å². The molecule has 1 aliphatic heterocycles. The average Bonchev–Trinajstić information content (AvgIpc) is 1.65. The Morgan fingerprint density at radius 3 is 2.25 bits per heavy atom. The van der Waals surface area contributed by atoms with Crippen LogP contribution in [0.3, 0.4) is 0 Å². The first-order valence-electron chi connectivity index (χ1n) is 2.11. The molecule has 8 heavy (non-hydrogen) atoms. The molecular weight excluding hydrogens is 330 g/mol. The standard InChI is InChI=1S/C5H4I2O/c6-5(7)3-1-2-4-8-5/h1-4H. The van der Waals surface area contributed by atoms with E-state index in [4.69, 9.17) is 4.74 Å². The highest BCUT2D eigenvalue weighted by molar-refractivity contribution is 14.2. The third kappa shape index (κ3) is 1.93. The van der Waals surface area contributed by atoms with Crippen molar-refractivity contribution in [2.45, 2.75) is 1.61 Å². The topological polar surface area (TPSA) is 9.23 Å². The summed E-state index contributed by atoms with van der Waals surface area (Å²) in [6, 6.07) is 0. The van der Waals surface area contributed by atoms with Crippen LogP contribution in [0.4, 0.5) is 0 Å². The van der Waals surface area contributed by atoms with Gasteiger partial charge in [0.05, 0.1) is 6.26 Å². The van der Waals surface area contributed by atoms with Crippen LogP contribution in [0.5, 0.6) is 0 Å². The number of alkyl halides is 2. The first-order valence-corrected chi connectivity index (χ1v) is 4.26. The maximum Gasteiger partial charge on any atom is 0.226 e. The Morgan fingerprint density at radius 1 is 1.25 bits per heavy atom. The molecule has 44 valence electrons. The van der Waals surface area contributed by atoms with Crippen LogP contribution in [0.2, 0.25) is 0 Å². The van der Waals surface area contributed by atoms with E-state index >= 15 is 0 Å². The molecule has 0 spiro atoms. The second-order valence-electron chi connectivity index (χ2n) is 1.37. The van der Waals surface area contributed by atoms with Gasteiger partial charge < -0.3 is 4.74 Å². The van der Waals surface area contributed by atoms with Crippen molar-refractivity contribution in [3.63, 3.8) is 0 Å². The van der Waals surface area contributed by atoms with Gasteiger partial charge in [-0.3, -0.25) is 0 Å². The summed E-state index contributed by atoms with van der Waals surface area (Å²) < 4.78 is 5.02. The van der Waals surface area contributed by atoms with Crippen LogP contribution in [0, 0.1) is 0 Å². The first kappa shape index (κ1) is 6.85. The largest absolute Gasteiger partial charge is 0.472 e. The lowest BCUT2D eigenvalue weighted by molar-refractivity contribution is 0.257. The van der Waals surface area contributed by atoms with Crippen LogP contribution < -0.4 is 0 Å². The first-order chi connectivity index (χ1) is 3.71. The monoisotopic (exact) mass is 334 g/mol. The van der Waals surface area contributed by atoms with Crippen LogP contribution in [0.25, 0.3) is 0 Å². The highest BCUT2D eigenvalue weighted by Gasteiger charge is 2.18. The van der Waals surface area contributed by atoms with E-state index in [9.17, 15) is 0 Å². The molecule has 0 saturated carbocycles. The van der Waals surface area contributed by atoms with Gasteiger partial charge in [0.1, 0.15) is 0 Å². The molecule has 0 saturated heterocycles. The Balaban J connectivity index is 2.65. The van der Waals surface area contributed by atoms with E-state index in [2.05, 4.69) is 45.2 Å². The minimum absolute atomic E-state index is 0.149. The molecule has 0 aromatic rings. The molecule has 0 bridgehead atoms. The molecule has 0 fully saturated rings. The molecule has 1 nitrogen and oxygen atoms in total. The van der Waals surface area contributed by atoms with E-state index in [1.165, 1.54) is 0 Å². The van der Waals surface area contributed by atoms with Gasteiger partial charge >= 0.3 is 0 Å². The zero-order valence-electron chi connectivity index (χ0n) is 3.97. The second kappa shape index (κ2) is 2.55. The van der Waals surface area contributed by atoms with Crippen molar-refractivity contribution >= 4 is 45.2 Å². The van der Waals surface area contributed by atoms with Crippen molar-refractivity contribution in [3.05, 3.63) is 24.5 Å². The van der Waals surface area contributed by atoms with Gasteiger partial charge in [-0.15, -0.1) is 0 Å². The summed E-state index contributed by atoms with van der Waals surface area (Å²) in [4.78, 5) is 0. The molecular formula is C5H4I2O. The van der Waals surface area contributed by atoms with Crippen molar-refractivity contribution in [1.82, 2.24) is 0 Å². The number of ether oxygens (including phenoxy) is 1. The molecule has 0 N–H and O–H groups in total. The van der Waals surface area contributed by atoms with Gasteiger partial charge in [-0.2, -0.15) is 0 Å². The molecule has 0 aromatic carbocycles. The van der Waals surface area contributed by atoms with Gasteiger partial charge in [0.15, 0.2) is 0 Å². The Labute approximate surface area is 75.5 Å². The summed E-state index contributed by atoms with van der Waals surface area (Å²) in [5, 5.41) is 0. The fourth-order valence-electron chi connectivity index (χ4n) is 0.382. The van der Waals surface area contributed by atoms with Gasteiger partial charge in [0, 0.05) is 0 Å². The fraction of sp³-hybridized carbons (Fsp3) is 0.200. The highest BCUT2D eigenvalue weighted by Crippen LogP contribution is 2.32. The van der Waals surface area contributed by atoms with Crippen LogP contribution in [0.15, 0.2) is 24.5 Å². The molecule has 0 radical (unpaired) electrons. The highest BCUT2D eigenvalue weighted by atomic mass is 127. The van der Waals surface area contributed by atoms with Crippen molar-refractivity contribution in [3.8, 4) is 0 Å². The number of hydrogen-bond donors (Lipinski definition) is 0. The van der Waals surface area contributed by atoms with Crippen molar-refractivity contribution in [1.29, 1.82) is 0 Å². The van der Waals surface area contributed by atoms with E-state index in [1.807, 2.05) is 18.2 Å². The Bertz CT molecular complexity index is 137. The molecule has 0 amide bonds. The van der Waals surface area contributed by atoms with E-state index < -0.39 is 0 Å². The van der Waals surface area contributed by atoms with E-state index in [0.717, 1.165) is 0 Å². The number of rotatable bonds is 0. The van der Waals surface area contributed by atoms with E-state index in [0.29, 0.717) is 0 Å². The maximum absolute atomic E-state index is 5.17. The summed E-state index contributed by atoms with van der Waals surface area (Å²) in [6.07, 6.45) is 7.53. The van der Waals surface area contributed by atoms with Crippen LogP contribution in [0.1, 0.15) is 0 Å². The third-order valence-corrected chi connectivity index (χ3v) is 1.93. The van der Waals surface area contributed by atoms with Gasteiger partial charge in [0.2, 0.25) is 1.61 Å².